The number of unbranched alkanes of at least 4 members (excludes halogenated alkanes) is 1. The molecule has 96 valence electrons. The minimum atomic E-state index is -2.65. The van der Waals surface area contributed by atoms with E-state index in [9.17, 15) is 13.6 Å². The molecule has 1 aromatic heterocycles. The predicted molar refractivity (Wildman–Crippen MR) is 56.3 cm³/mol. The highest BCUT2D eigenvalue weighted by atomic mass is 19.3. The number of rotatable bonds is 6. The molecule has 0 radical (unpaired) electrons. The summed E-state index contributed by atoms with van der Waals surface area (Å²) in [6.45, 7) is 0.882. The van der Waals surface area contributed by atoms with Gasteiger partial charge in [-0.3, -0.25) is 5.32 Å². The highest BCUT2D eigenvalue weighted by Gasteiger charge is 2.19. The molecule has 0 aliphatic rings. The third-order valence-corrected chi connectivity index (χ3v) is 2.04. The second-order valence-corrected chi connectivity index (χ2v) is 3.83. The Hall–Kier alpha value is -1.66. The van der Waals surface area contributed by atoms with E-state index < -0.39 is 12.0 Å². The SMILES string of the molecule is CC(F)(F)CCCCc1nc(NC(=O)O)co1. The first-order valence-electron chi connectivity index (χ1n) is 5.19. The number of hydrogen-bond acceptors (Lipinski definition) is 3. The van der Waals surface area contributed by atoms with Gasteiger partial charge in [-0.1, -0.05) is 0 Å². The van der Waals surface area contributed by atoms with E-state index in [0.29, 0.717) is 25.2 Å². The summed E-state index contributed by atoms with van der Waals surface area (Å²) in [5.74, 6) is -2.20. The Kier molecular flexibility index (Phi) is 4.42. The standard InChI is InChI=1S/C10H14F2N2O3/c1-10(11,12)5-3-2-4-8-13-7(6-17-8)14-9(15)16/h6,14H,2-5H2,1H3,(H,15,16). The molecule has 7 heteroatoms. The fraction of sp³-hybridized carbons (Fsp3) is 0.600. The van der Waals surface area contributed by atoms with E-state index in [0.717, 1.165) is 6.92 Å². The van der Waals surface area contributed by atoms with Gasteiger partial charge < -0.3 is 9.52 Å². The van der Waals surface area contributed by atoms with Crippen molar-refractivity contribution in [2.45, 2.75) is 38.5 Å². The van der Waals surface area contributed by atoms with Crippen LogP contribution in [0.1, 0.15) is 32.1 Å². The Morgan fingerprint density at radius 2 is 2.29 bits per heavy atom. The number of alkyl halides is 2. The second-order valence-electron chi connectivity index (χ2n) is 3.83. The van der Waals surface area contributed by atoms with E-state index >= 15 is 0 Å². The van der Waals surface area contributed by atoms with Crippen molar-refractivity contribution in [3.8, 4) is 0 Å². The van der Waals surface area contributed by atoms with Crippen molar-refractivity contribution in [1.29, 1.82) is 0 Å². The average molecular weight is 248 g/mol. The molecule has 1 aromatic rings. The van der Waals surface area contributed by atoms with Crippen molar-refractivity contribution < 1.29 is 23.1 Å². The Morgan fingerprint density at radius 3 is 2.88 bits per heavy atom. The summed E-state index contributed by atoms with van der Waals surface area (Å²) >= 11 is 0. The lowest BCUT2D eigenvalue weighted by atomic mass is 10.1. The molecule has 1 rings (SSSR count). The molecule has 0 fully saturated rings. The fourth-order valence-electron chi connectivity index (χ4n) is 1.30. The number of anilines is 1. The smallest absolute Gasteiger partial charge is 0.410 e. The summed E-state index contributed by atoms with van der Waals surface area (Å²) in [5.41, 5.74) is 0. The molecule has 1 amide bonds. The van der Waals surface area contributed by atoms with Crippen molar-refractivity contribution in [3.63, 3.8) is 0 Å². The van der Waals surface area contributed by atoms with Crippen LogP contribution in [0.15, 0.2) is 10.7 Å². The first kappa shape index (κ1) is 13.4. The van der Waals surface area contributed by atoms with Crippen LogP contribution in [0.25, 0.3) is 0 Å². The average Bonchev–Trinajstić information content (AvgIpc) is 2.58. The molecular weight excluding hydrogens is 234 g/mol. The molecule has 0 aliphatic heterocycles. The maximum absolute atomic E-state index is 12.5. The number of halogens is 2. The lowest BCUT2D eigenvalue weighted by Gasteiger charge is -2.08. The highest BCUT2D eigenvalue weighted by molar-refractivity contribution is 5.81. The number of oxazole rings is 1. The summed E-state index contributed by atoms with van der Waals surface area (Å²) < 4.78 is 29.9. The zero-order chi connectivity index (χ0) is 12.9. The van der Waals surface area contributed by atoms with Gasteiger partial charge in [0.05, 0.1) is 0 Å². The Balaban J connectivity index is 2.28. The van der Waals surface area contributed by atoms with Gasteiger partial charge in [0.2, 0.25) is 5.92 Å². The third kappa shape index (κ3) is 5.84. The Bertz CT molecular complexity index is 374. The Morgan fingerprint density at radius 1 is 1.59 bits per heavy atom. The number of carboxylic acid groups (broad SMARTS) is 1. The quantitative estimate of drug-likeness (QED) is 0.758. The second kappa shape index (κ2) is 5.60. The molecule has 1 heterocycles. The van der Waals surface area contributed by atoms with Gasteiger partial charge in [-0.2, -0.15) is 4.98 Å². The van der Waals surface area contributed by atoms with Gasteiger partial charge in [0.15, 0.2) is 11.7 Å². The fourth-order valence-corrected chi connectivity index (χ4v) is 1.30. The van der Waals surface area contributed by atoms with Crippen molar-refractivity contribution in [1.82, 2.24) is 4.98 Å². The van der Waals surface area contributed by atoms with Crippen molar-refractivity contribution in [2.24, 2.45) is 0 Å². The zero-order valence-electron chi connectivity index (χ0n) is 9.37. The van der Waals surface area contributed by atoms with Crippen molar-refractivity contribution in [3.05, 3.63) is 12.2 Å². The van der Waals surface area contributed by atoms with Gasteiger partial charge in [-0.25, -0.2) is 13.6 Å². The van der Waals surface area contributed by atoms with Gasteiger partial charge in [-0.15, -0.1) is 0 Å². The molecule has 5 nitrogen and oxygen atoms in total. The number of amides is 1. The normalized spacial score (nSPS) is 11.5. The van der Waals surface area contributed by atoms with Crippen LogP contribution in [0, 0.1) is 0 Å². The first-order chi connectivity index (χ1) is 7.87. The topological polar surface area (TPSA) is 75.4 Å². The van der Waals surface area contributed by atoms with Crippen LogP contribution in [0.5, 0.6) is 0 Å². The monoisotopic (exact) mass is 248 g/mol. The number of nitrogens with zero attached hydrogens (tertiary/aromatic N) is 1. The highest BCUT2D eigenvalue weighted by Crippen LogP contribution is 2.20. The lowest BCUT2D eigenvalue weighted by molar-refractivity contribution is 0.0104. The summed E-state index contributed by atoms with van der Waals surface area (Å²) in [6, 6.07) is 0. The molecular formula is C10H14F2N2O3. The van der Waals surface area contributed by atoms with E-state index in [1.807, 2.05) is 5.32 Å². The maximum atomic E-state index is 12.5. The molecule has 0 saturated heterocycles. The van der Waals surface area contributed by atoms with Crippen LogP contribution in [0.3, 0.4) is 0 Å². The van der Waals surface area contributed by atoms with Crippen LogP contribution >= 0.6 is 0 Å². The molecule has 2 N–H and O–H groups in total. The van der Waals surface area contributed by atoms with Gasteiger partial charge >= 0.3 is 6.09 Å². The summed E-state index contributed by atoms with van der Waals surface area (Å²) in [4.78, 5) is 14.1. The number of hydrogen-bond donors (Lipinski definition) is 2. The van der Waals surface area contributed by atoms with E-state index in [1.165, 1.54) is 6.26 Å². The molecule has 17 heavy (non-hydrogen) atoms. The number of aryl methyl sites for hydroxylation is 1. The van der Waals surface area contributed by atoms with Crippen LogP contribution in [-0.2, 0) is 6.42 Å². The van der Waals surface area contributed by atoms with E-state index in [-0.39, 0.29) is 12.2 Å². The van der Waals surface area contributed by atoms with E-state index in [1.54, 1.807) is 0 Å². The van der Waals surface area contributed by atoms with Crippen LogP contribution < -0.4 is 5.32 Å². The van der Waals surface area contributed by atoms with Crippen LogP contribution in [-0.4, -0.2) is 22.1 Å². The van der Waals surface area contributed by atoms with E-state index in [4.69, 9.17) is 9.52 Å². The molecule has 0 saturated carbocycles. The van der Waals surface area contributed by atoms with Gasteiger partial charge in [0.1, 0.15) is 6.26 Å². The summed E-state index contributed by atoms with van der Waals surface area (Å²) in [5, 5.41) is 10.4. The van der Waals surface area contributed by atoms with E-state index in [2.05, 4.69) is 4.98 Å². The van der Waals surface area contributed by atoms with Crippen molar-refractivity contribution in [2.75, 3.05) is 5.32 Å². The minimum absolute atomic E-state index is 0.105. The largest absolute Gasteiger partial charge is 0.465 e. The number of aromatic nitrogens is 1. The van der Waals surface area contributed by atoms with Crippen LogP contribution in [0.4, 0.5) is 19.4 Å². The lowest BCUT2D eigenvalue weighted by Crippen LogP contribution is -2.09. The van der Waals surface area contributed by atoms with Crippen molar-refractivity contribution >= 4 is 11.9 Å². The maximum Gasteiger partial charge on any atom is 0.410 e. The predicted octanol–water partition coefficient (Wildman–Crippen LogP) is 3.13. The molecule has 0 unspecified atom stereocenters. The summed E-state index contributed by atoms with van der Waals surface area (Å²) in [6.07, 6.45) is 1.09. The molecule has 0 atom stereocenters. The molecule has 0 spiro atoms. The number of carbonyl (C=O) groups is 1. The van der Waals surface area contributed by atoms with Crippen LogP contribution in [0.2, 0.25) is 0 Å². The third-order valence-electron chi connectivity index (χ3n) is 2.04. The number of nitrogens with one attached hydrogen (secondary N) is 1. The summed E-state index contributed by atoms with van der Waals surface area (Å²) in [7, 11) is 0. The van der Waals surface area contributed by atoms with Gasteiger partial charge in [0, 0.05) is 12.8 Å². The zero-order valence-corrected chi connectivity index (χ0v) is 9.37. The minimum Gasteiger partial charge on any atom is -0.465 e. The first-order valence-corrected chi connectivity index (χ1v) is 5.19. The molecule has 0 aliphatic carbocycles. The Labute approximate surface area is 96.8 Å². The van der Waals surface area contributed by atoms with Gasteiger partial charge in [0.25, 0.3) is 0 Å². The molecule has 0 bridgehead atoms. The molecule has 0 aromatic carbocycles. The van der Waals surface area contributed by atoms with Gasteiger partial charge in [-0.05, 0) is 19.8 Å².